The molecule has 0 radical (unpaired) electrons. The maximum atomic E-state index is 13.1. The van der Waals surface area contributed by atoms with Crippen LogP contribution in [0.5, 0.6) is 0 Å². The topological polar surface area (TPSA) is 23.8 Å². The van der Waals surface area contributed by atoms with Crippen molar-refractivity contribution in [2.75, 3.05) is 0 Å². The Balaban J connectivity index is 2.61. The van der Waals surface area contributed by atoms with Crippen LogP contribution in [0.4, 0.5) is 13.2 Å². The van der Waals surface area contributed by atoms with Crippen LogP contribution >= 0.6 is 22.9 Å². The molecular formula is C13H5ClF3NS. The molecule has 2 aromatic rings. The lowest BCUT2D eigenvalue weighted by Gasteiger charge is -2.04. The summed E-state index contributed by atoms with van der Waals surface area (Å²) in [6, 6.07) is 6.76. The van der Waals surface area contributed by atoms with Gasteiger partial charge in [0, 0.05) is 10.4 Å². The summed E-state index contributed by atoms with van der Waals surface area (Å²) in [6.07, 6.45) is 0. The zero-order chi connectivity index (χ0) is 14.0. The minimum atomic E-state index is -1.57. The fourth-order valence-corrected chi connectivity index (χ4v) is 2.50. The lowest BCUT2D eigenvalue weighted by atomic mass is 10.1. The van der Waals surface area contributed by atoms with Crippen molar-refractivity contribution < 1.29 is 13.2 Å². The summed E-state index contributed by atoms with van der Waals surface area (Å²) in [6.45, 7) is 0. The number of hydrogen-bond acceptors (Lipinski definition) is 2. The number of allylic oxidation sites excluding steroid dienone is 1. The highest BCUT2D eigenvalue weighted by atomic mass is 35.5. The minimum absolute atomic E-state index is 0.0805. The Morgan fingerprint density at radius 1 is 1.21 bits per heavy atom. The molecule has 0 aliphatic carbocycles. The molecule has 96 valence electrons. The Morgan fingerprint density at radius 3 is 2.32 bits per heavy atom. The molecule has 0 saturated carbocycles. The molecule has 1 heterocycles. The fraction of sp³-hybridized carbons (Fsp3) is 0. The van der Waals surface area contributed by atoms with Gasteiger partial charge in [-0.2, -0.15) is 5.26 Å². The van der Waals surface area contributed by atoms with Crippen LogP contribution in [0.25, 0.3) is 10.6 Å². The van der Waals surface area contributed by atoms with Gasteiger partial charge in [-0.05, 0) is 23.6 Å². The van der Waals surface area contributed by atoms with Crippen molar-refractivity contribution in [2.24, 2.45) is 0 Å². The Labute approximate surface area is 116 Å². The number of nitrogens with zero attached hydrogens (tertiary/aromatic N) is 1. The molecule has 0 unspecified atom stereocenters. The minimum Gasteiger partial charge on any atom is -0.204 e. The Morgan fingerprint density at radius 2 is 1.84 bits per heavy atom. The average molecular weight is 300 g/mol. The third-order valence-electron chi connectivity index (χ3n) is 2.34. The van der Waals surface area contributed by atoms with Crippen molar-refractivity contribution in [3.05, 3.63) is 57.5 Å². The number of thiophene rings is 1. The van der Waals surface area contributed by atoms with Gasteiger partial charge in [0.1, 0.15) is 6.07 Å². The Bertz CT molecular complexity index is 663. The molecule has 0 spiro atoms. The summed E-state index contributed by atoms with van der Waals surface area (Å²) < 4.78 is 39.1. The lowest BCUT2D eigenvalue weighted by Crippen LogP contribution is -1.93. The molecule has 0 aliphatic rings. The standard InChI is InChI=1S/C13H5ClF3NS/c14-12(8(6-18)11-2-1-3-19-11)7-4-9(15)13(17)10(16)5-7/h1-5H/b12-8+. The van der Waals surface area contributed by atoms with Crippen LogP contribution in [0.1, 0.15) is 10.4 Å². The van der Waals surface area contributed by atoms with Crippen molar-refractivity contribution in [1.82, 2.24) is 0 Å². The molecule has 0 bridgehead atoms. The summed E-state index contributed by atoms with van der Waals surface area (Å²) in [5.74, 6) is -4.27. The Kier molecular flexibility index (Phi) is 3.93. The highest BCUT2D eigenvalue weighted by Crippen LogP contribution is 2.32. The van der Waals surface area contributed by atoms with E-state index in [2.05, 4.69) is 0 Å². The first-order valence-electron chi connectivity index (χ1n) is 5.03. The smallest absolute Gasteiger partial charge is 0.194 e. The van der Waals surface area contributed by atoms with Crippen molar-refractivity contribution >= 4 is 33.5 Å². The molecule has 19 heavy (non-hydrogen) atoms. The highest BCUT2D eigenvalue weighted by Gasteiger charge is 2.16. The first-order valence-corrected chi connectivity index (χ1v) is 6.29. The quantitative estimate of drug-likeness (QED) is 0.577. The van der Waals surface area contributed by atoms with E-state index in [4.69, 9.17) is 16.9 Å². The molecule has 0 aliphatic heterocycles. The molecule has 0 amide bonds. The van der Waals surface area contributed by atoms with E-state index in [1.165, 1.54) is 11.3 Å². The fourth-order valence-electron chi connectivity index (χ4n) is 1.46. The number of benzene rings is 1. The Hall–Kier alpha value is -1.77. The van der Waals surface area contributed by atoms with Gasteiger partial charge in [-0.15, -0.1) is 11.3 Å². The third kappa shape index (κ3) is 2.65. The molecule has 0 N–H and O–H groups in total. The van der Waals surface area contributed by atoms with E-state index in [1.807, 2.05) is 6.07 Å². The molecular weight excluding hydrogens is 295 g/mol. The van der Waals surface area contributed by atoms with E-state index in [0.717, 1.165) is 12.1 Å². The van der Waals surface area contributed by atoms with Gasteiger partial charge in [0.25, 0.3) is 0 Å². The number of nitriles is 1. The van der Waals surface area contributed by atoms with Crippen molar-refractivity contribution in [2.45, 2.75) is 0 Å². The first-order chi connectivity index (χ1) is 9.04. The van der Waals surface area contributed by atoms with Crippen LogP contribution in [0.3, 0.4) is 0 Å². The second kappa shape index (κ2) is 5.47. The van der Waals surface area contributed by atoms with Crippen molar-refractivity contribution in [3.63, 3.8) is 0 Å². The van der Waals surface area contributed by atoms with Gasteiger partial charge in [0.15, 0.2) is 17.5 Å². The van der Waals surface area contributed by atoms with Gasteiger partial charge in [-0.25, -0.2) is 13.2 Å². The van der Waals surface area contributed by atoms with Crippen LogP contribution in [0, 0.1) is 28.8 Å². The second-order valence-corrected chi connectivity index (χ2v) is 4.86. The third-order valence-corrected chi connectivity index (χ3v) is 3.63. The van der Waals surface area contributed by atoms with E-state index in [-0.39, 0.29) is 16.2 Å². The molecule has 2 rings (SSSR count). The molecule has 0 fully saturated rings. The maximum absolute atomic E-state index is 13.1. The predicted molar refractivity (Wildman–Crippen MR) is 68.9 cm³/mol. The van der Waals surface area contributed by atoms with Gasteiger partial charge in [0.2, 0.25) is 0 Å². The lowest BCUT2D eigenvalue weighted by molar-refractivity contribution is 0.447. The monoisotopic (exact) mass is 299 g/mol. The average Bonchev–Trinajstić information content (AvgIpc) is 2.90. The zero-order valence-corrected chi connectivity index (χ0v) is 10.8. The molecule has 0 saturated heterocycles. The van der Waals surface area contributed by atoms with E-state index in [9.17, 15) is 13.2 Å². The van der Waals surface area contributed by atoms with Gasteiger partial charge in [-0.3, -0.25) is 0 Å². The molecule has 1 nitrogen and oxygen atoms in total. The molecule has 0 atom stereocenters. The number of rotatable bonds is 2. The molecule has 1 aromatic heterocycles. The largest absolute Gasteiger partial charge is 0.204 e. The molecule has 1 aromatic carbocycles. The summed E-state index contributed by atoms with van der Waals surface area (Å²) in [5.41, 5.74) is 0.00471. The SMILES string of the molecule is N#C/C(=C(\Cl)c1cc(F)c(F)c(F)c1)c1cccs1. The van der Waals surface area contributed by atoms with Gasteiger partial charge >= 0.3 is 0 Å². The first kappa shape index (κ1) is 13.7. The van der Waals surface area contributed by atoms with E-state index < -0.39 is 17.5 Å². The van der Waals surface area contributed by atoms with Crippen LogP contribution in [0.2, 0.25) is 0 Å². The number of halogens is 4. The van der Waals surface area contributed by atoms with Crippen LogP contribution < -0.4 is 0 Å². The van der Waals surface area contributed by atoms with Crippen molar-refractivity contribution in [1.29, 1.82) is 5.26 Å². The van der Waals surface area contributed by atoms with Crippen LogP contribution in [0.15, 0.2) is 29.6 Å². The van der Waals surface area contributed by atoms with E-state index in [0.29, 0.717) is 4.88 Å². The summed E-state index contributed by atoms with van der Waals surface area (Å²) >= 11 is 7.23. The normalized spacial score (nSPS) is 11.9. The van der Waals surface area contributed by atoms with Gasteiger partial charge in [0.05, 0.1) is 10.6 Å². The maximum Gasteiger partial charge on any atom is 0.194 e. The second-order valence-electron chi connectivity index (χ2n) is 3.53. The summed E-state index contributed by atoms with van der Waals surface area (Å²) in [4.78, 5) is 0.567. The number of hydrogen-bond donors (Lipinski definition) is 0. The summed E-state index contributed by atoms with van der Waals surface area (Å²) in [5, 5.41) is 10.7. The van der Waals surface area contributed by atoms with Crippen LogP contribution in [-0.4, -0.2) is 0 Å². The highest BCUT2D eigenvalue weighted by molar-refractivity contribution is 7.11. The van der Waals surface area contributed by atoms with Crippen molar-refractivity contribution in [3.8, 4) is 6.07 Å². The van der Waals surface area contributed by atoms with Crippen LogP contribution in [-0.2, 0) is 0 Å². The van der Waals surface area contributed by atoms with Gasteiger partial charge < -0.3 is 0 Å². The summed E-state index contributed by atoms with van der Waals surface area (Å²) in [7, 11) is 0. The zero-order valence-electron chi connectivity index (χ0n) is 9.25. The van der Waals surface area contributed by atoms with E-state index in [1.54, 1.807) is 17.5 Å². The predicted octanol–water partition coefficient (Wildman–Crippen LogP) is 4.80. The molecule has 6 heteroatoms. The van der Waals surface area contributed by atoms with Gasteiger partial charge in [-0.1, -0.05) is 17.7 Å². The van der Waals surface area contributed by atoms with E-state index >= 15 is 0 Å².